The molecule has 11 heteroatoms. The van der Waals surface area contributed by atoms with Crippen LogP contribution in [0.25, 0.3) is 0 Å². The molecule has 2 rings (SSSR count). The summed E-state index contributed by atoms with van der Waals surface area (Å²) in [7, 11) is 0. The monoisotopic (exact) mass is 617 g/mol. The number of carbonyl (C=O) groups is 6. The standard InChI is InChI=1S/C33H55N5O6/c1-9-14-24(27(40)30(42)34-18-10-2)35-29(41)26-23(20(3)4)17-19-38(26)31(43)28(33(6,7)8)37-32(44)36-25(21(5)39)22-15-12-11-13-16-22/h10,20,22-26,28H,2,9,11-19H2,1,3-8H3,(H,34,42)(H,35,41)(H2,36,37,44)/t23?,24?,25-,26+,28-/m1/s1. The van der Waals surface area contributed by atoms with Gasteiger partial charge in [0.05, 0.1) is 12.1 Å². The minimum absolute atomic E-state index is 0.0518. The van der Waals surface area contributed by atoms with Gasteiger partial charge in [0.15, 0.2) is 5.78 Å². The lowest BCUT2D eigenvalue weighted by Crippen LogP contribution is -2.62. The number of Topliss-reactive ketones (excluding diaryl/α,β-unsaturated/α-hetero) is 2. The lowest BCUT2D eigenvalue weighted by molar-refractivity contribution is -0.144. The molecule has 0 spiro atoms. The van der Waals surface area contributed by atoms with Gasteiger partial charge in [-0.05, 0) is 55.8 Å². The number of carbonyl (C=O) groups excluding carboxylic acids is 6. The first-order chi connectivity index (χ1) is 20.6. The molecule has 1 saturated heterocycles. The average molecular weight is 618 g/mol. The molecule has 4 N–H and O–H groups in total. The van der Waals surface area contributed by atoms with Gasteiger partial charge >= 0.3 is 6.03 Å². The van der Waals surface area contributed by atoms with Crippen LogP contribution in [0.3, 0.4) is 0 Å². The molecule has 0 aromatic carbocycles. The maximum Gasteiger partial charge on any atom is 0.316 e. The third kappa shape index (κ3) is 9.89. The molecule has 2 aliphatic rings. The van der Waals surface area contributed by atoms with E-state index >= 15 is 0 Å². The first kappa shape index (κ1) is 36.9. The van der Waals surface area contributed by atoms with E-state index in [1.165, 1.54) is 17.9 Å². The summed E-state index contributed by atoms with van der Waals surface area (Å²) in [5.41, 5.74) is -0.716. The fourth-order valence-electron chi connectivity index (χ4n) is 6.47. The molecule has 248 valence electrons. The Labute approximate surface area is 263 Å². The van der Waals surface area contributed by atoms with Gasteiger partial charge in [-0.1, -0.05) is 73.3 Å². The van der Waals surface area contributed by atoms with E-state index in [4.69, 9.17) is 0 Å². The van der Waals surface area contributed by atoms with E-state index in [1.807, 2.05) is 41.5 Å². The second kappa shape index (κ2) is 16.7. The van der Waals surface area contributed by atoms with E-state index in [-0.39, 0.29) is 36.5 Å². The minimum atomic E-state index is -1.03. The molecular formula is C33H55N5O6. The maximum atomic E-state index is 14.2. The molecule has 1 aliphatic heterocycles. The van der Waals surface area contributed by atoms with Crippen LogP contribution in [0, 0.1) is 23.2 Å². The predicted molar refractivity (Wildman–Crippen MR) is 169 cm³/mol. The van der Waals surface area contributed by atoms with Crippen molar-refractivity contribution in [3.8, 4) is 0 Å². The fraction of sp³-hybridized carbons (Fsp3) is 0.758. The Bertz CT molecular complexity index is 1060. The van der Waals surface area contributed by atoms with Crippen LogP contribution in [0.15, 0.2) is 12.7 Å². The highest BCUT2D eigenvalue weighted by molar-refractivity contribution is 6.38. The molecule has 5 amide bonds. The number of nitrogens with one attached hydrogen (secondary N) is 4. The van der Waals surface area contributed by atoms with Crippen molar-refractivity contribution >= 4 is 35.3 Å². The van der Waals surface area contributed by atoms with Gasteiger partial charge in [-0.3, -0.25) is 24.0 Å². The summed E-state index contributed by atoms with van der Waals surface area (Å²) in [5, 5.41) is 10.9. The van der Waals surface area contributed by atoms with E-state index < -0.39 is 59.1 Å². The van der Waals surface area contributed by atoms with Gasteiger partial charge in [-0.25, -0.2) is 4.79 Å². The summed E-state index contributed by atoms with van der Waals surface area (Å²) in [5.74, 6) is -2.64. The van der Waals surface area contributed by atoms with Crippen molar-refractivity contribution < 1.29 is 28.8 Å². The van der Waals surface area contributed by atoms with Crippen molar-refractivity contribution in [1.82, 2.24) is 26.2 Å². The van der Waals surface area contributed by atoms with E-state index in [0.29, 0.717) is 19.4 Å². The average Bonchev–Trinajstić information content (AvgIpc) is 3.42. The highest BCUT2D eigenvalue weighted by atomic mass is 16.2. The van der Waals surface area contributed by atoms with Crippen molar-refractivity contribution in [2.24, 2.45) is 23.2 Å². The highest BCUT2D eigenvalue weighted by Gasteiger charge is 2.48. The molecule has 0 aromatic heterocycles. The third-order valence-corrected chi connectivity index (χ3v) is 8.93. The Balaban J connectivity index is 2.29. The van der Waals surface area contributed by atoms with Crippen LogP contribution in [-0.2, 0) is 24.0 Å². The van der Waals surface area contributed by atoms with Gasteiger partial charge in [0.25, 0.3) is 5.91 Å². The van der Waals surface area contributed by atoms with Crippen LogP contribution >= 0.6 is 0 Å². The molecule has 2 fully saturated rings. The van der Waals surface area contributed by atoms with Crippen molar-refractivity contribution in [2.45, 2.75) is 124 Å². The zero-order chi connectivity index (χ0) is 33.2. The van der Waals surface area contributed by atoms with Gasteiger partial charge in [-0.15, -0.1) is 6.58 Å². The Kier molecular flexibility index (Phi) is 14.0. The topological polar surface area (TPSA) is 154 Å². The summed E-state index contributed by atoms with van der Waals surface area (Å²) in [4.78, 5) is 80.6. The van der Waals surface area contributed by atoms with Gasteiger partial charge in [0.1, 0.15) is 12.1 Å². The fourth-order valence-corrected chi connectivity index (χ4v) is 6.47. The van der Waals surface area contributed by atoms with Crippen LogP contribution in [0.5, 0.6) is 0 Å². The van der Waals surface area contributed by atoms with Gasteiger partial charge in [0.2, 0.25) is 17.6 Å². The zero-order valence-corrected chi connectivity index (χ0v) is 27.8. The molecular weight excluding hydrogens is 562 g/mol. The molecule has 1 aliphatic carbocycles. The Hall–Kier alpha value is -3.24. The Morgan fingerprint density at radius 3 is 2.11 bits per heavy atom. The van der Waals surface area contributed by atoms with Crippen molar-refractivity contribution in [1.29, 1.82) is 0 Å². The van der Waals surface area contributed by atoms with Crippen molar-refractivity contribution in [2.75, 3.05) is 13.1 Å². The molecule has 0 radical (unpaired) electrons. The quantitative estimate of drug-likeness (QED) is 0.173. The first-order valence-corrected chi connectivity index (χ1v) is 16.2. The summed E-state index contributed by atoms with van der Waals surface area (Å²) in [6, 6.07) is -4.12. The second-order valence-corrected chi connectivity index (χ2v) is 13.8. The van der Waals surface area contributed by atoms with Crippen molar-refractivity contribution in [3.63, 3.8) is 0 Å². The van der Waals surface area contributed by atoms with Crippen LogP contribution in [0.2, 0.25) is 0 Å². The van der Waals surface area contributed by atoms with E-state index in [2.05, 4.69) is 27.8 Å². The summed E-state index contributed by atoms with van der Waals surface area (Å²) in [6.45, 7) is 16.8. The molecule has 2 unspecified atom stereocenters. The molecule has 5 atom stereocenters. The predicted octanol–water partition coefficient (Wildman–Crippen LogP) is 3.27. The van der Waals surface area contributed by atoms with Crippen LogP contribution in [0.1, 0.15) is 99.8 Å². The normalized spacial score (nSPS) is 21.1. The number of urea groups is 1. The minimum Gasteiger partial charge on any atom is -0.346 e. The lowest BCUT2D eigenvalue weighted by Gasteiger charge is -2.37. The molecule has 0 aromatic rings. The van der Waals surface area contributed by atoms with Gasteiger partial charge in [0, 0.05) is 13.1 Å². The lowest BCUT2D eigenvalue weighted by atomic mass is 9.82. The number of hydrogen-bond donors (Lipinski definition) is 4. The number of likely N-dealkylation sites (tertiary alicyclic amines) is 1. The third-order valence-electron chi connectivity index (χ3n) is 8.93. The number of ketones is 2. The van der Waals surface area contributed by atoms with Gasteiger partial charge in [-0.2, -0.15) is 0 Å². The summed E-state index contributed by atoms with van der Waals surface area (Å²) < 4.78 is 0. The molecule has 1 heterocycles. The summed E-state index contributed by atoms with van der Waals surface area (Å²) in [6.07, 6.45) is 7.74. The van der Waals surface area contributed by atoms with E-state index in [0.717, 1.165) is 32.1 Å². The van der Waals surface area contributed by atoms with Crippen LogP contribution in [-0.4, -0.2) is 77.5 Å². The smallest absolute Gasteiger partial charge is 0.316 e. The Morgan fingerprint density at radius 1 is 0.955 bits per heavy atom. The van der Waals surface area contributed by atoms with Gasteiger partial charge < -0.3 is 26.2 Å². The maximum absolute atomic E-state index is 14.2. The number of rotatable bonds is 14. The molecule has 0 bridgehead atoms. The first-order valence-electron chi connectivity index (χ1n) is 16.2. The molecule has 1 saturated carbocycles. The van der Waals surface area contributed by atoms with Crippen LogP contribution < -0.4 is 21.3 Å². The number of nitrogens with zero attached hydrogens (tertiary/aromatic N) is 1. The number of hydrogen-bond acceptors (Lipinski definition) is 6. The SMILES string of the molecule is C=CCNC(=O)C(=O)C(CCC)NC(=O)[C@@H]1C(C(C)C)CCN1C(=O)[C@@H](NC(=O)N[C@H](C(C)=O)C1CCCCC1)C(C)(C)C. The second-order valence-electron chi connectivity index (χ2n) is 13.8. The molecule has 11 nitrogen and oxygen atoms in total. The van der Waals surface area contributed by atoms with Crippen molar-refractivity contribution in [3.05, 3.63) is 12.7 Å². The largest absolute Gasteiger partial charge is 0.346 e. The van der Waals surface area contributed by atoms with Crippen LogP contribution in [0.4, 0.5) is 4.79 Å². The van der Waals surface area contributed by atoms with E-state index in [1.54, 1.807) is 0 Å². The Morgan fingerprint density at radius 2 is 1.59 bits per heavy atom. The molecule has 44 heavy (non-hydrogen) atoms. The highest BCUT2D eigenvalue weighted by Crippen LogP contribution is 2.33. The number of amides is 5. The van der Waals surface area contributed by atoms with E-state index in [9.17, 15) is 28.8 Å². The summed E-state index contributed by atoms with van der Waals surface area (Å²) >= 11 is 0. The zero-order valence-electron chi connectivity index (χ0n) is 27.8.